The summed E-state index contributed by atoms with van der Waals surface area (Å²) in [6.07, 6.45) is 0. The maximum Gasteiger partial charge on any atom is 0.255 e. The van der Waals surface area contributed by atoms with Crippen LogP contribution in [0.3, 0.4) is 0 Å². The number of hydrogen-bond donors (Lipinski definition) is 1. The highest BCUT2D eigenvalue weighted by atomic mass is 79.9. The lowest BCUT2D eigenvalue weighted by atomic mass is 10.2. The maximum atomic E-state index is 13.2. The number of piperazine rings is 1. The second-order valence-corrected chi connectivity index (χ2v) is 10.1. The van der Waals surface area contributed by atoms with Crippen LogP contribution in [0.15, 0.2) is 88.2 Å². The number of nitrogens with one attached hydrogen (secondary N) is 1. The number of carbonyl (C=O) groups is 1. The lowest BCUT2D eigenvalue weighted by Crippen LogP contribution is -2.48. The van der Waals surface area contributed by atoms with E-state index in [0.717, 1.165) is 10.2 Å². The van der Waals surface area contributed by atoms with E-state index in [2.05, 4.69) is 26.1 Å². The predicted molar refractivity (Wildman–Crippen MR) is 126 cm³/mol. The van der Waals surface area contributed by atoms with Crippen LogP contribution in [-0.4, -0.2) is 44.8 Å². The molecule has 0 radical (unpaired) electrons. The summed E-state index contributed by atoms with van der Waals surface area (Å²) in [5, 5.41) is 2.79. The van der Waals surface area contributed by atoms with Gasteiger partial charge in [0.2, 0.25) is 10.0 Å². The molecule has 1 aliphatic rings. The van der Waals surface area contributed by atoms with Gasteiger partial charge in [0.25, 0.3) is 5.91 Å². The SMILES string of the molecule is O=C(Nc1ccc(Br)cc1)c1cccc(S(=O)(=O)N2CCN(c3ccccc3)CC2)c1. The second kappa shape index (κ2) is 9.21. The fraction of sp³-hybridized carbons (Fsp3) is 0.174. The van der Waals surface area contributed by atoms with Gasteiger partial charge in [0, 0.05) is 47.6 Å². The summed E-state index contributed by atoms with van der Waals surface area (Å²) in [6, 6.07) is 23.3. The Bertz CT molecular complexity index is 1160. The fourth-order valence-corrected chi connectivity index (χ4v) is 5.24. The van der Waals surface area contributed by atoms with Gasteiger partial charge in [-0.3, -0.25) is 4.79 Å². The number of carbonyl (C=O) groups excluding carboxylic acids is 1. The number of benzene rings is 3. The normalized spacial score (nSPS) is 14.9. The number of anilines is 2. The minimum absolute atomic E-state index is 0.129. The van der Waals surface area contributed by atoms with E-state index >= 15 is 0 Å². The Kier molecular flexibility index (Phi) is 6.41. The molecule has 0 saturated carbocycles. The van der Waals surface area contributed by atoms with Crippen molar-refractivity contribution >= 4 is 43.2 Å². The Balaban J connectivity index is 1.46. The van der Waals surface area contributed by atoms with Crippen molar-refractivity contribution in [2.75, 3.05) is 36.4 Å². The number of para-hydroxylation sites is 1. The van der Waals surface area contributed by atoms with Crippen LogP contribution in [0.2, 0.25) is 0 Å². The highest BCUT2D eigenvalue weighted by Crippen LogP contribution is 2.22. The van der Waals surface area contributed by atoms with E-state index in [-0.39, 0.29) is 10.8 Å². The minimum Gasteiger partial charge on any atom is -0.369 e. The van der Waals surface area contributed by atoms with Crippen LogP contribution in [0.5, 0.6) is 0 Å². The first-order valence-corrected chi connectivity index (χ1v) is 12.1. The van der Waals surface area contributed by atoms with E-state index in [1.54, 1.807) is 24.3 Å². The zero-order chi connectivity index (χ0) is 21.8. The van der Waals surface area contributed by atoms with Crippen molar-refractivity contribution in [2.24, 2.45) is 0 Å². The van der Waals surface area contributed by atoms with Crippen molar-refractivity contribution < 1.29 is 13.2 Å². The smallest absolute Gasteiger partial charge is 0.255 e. The van der Waals surface area contributed by atoms with Crippen molar-refractivity contribution in [3.05, 3.63) is 88.9 Å². The first-order valence-electron chi connectivity index (χ1n) is 9.91. The fourth-order valence-electron chi connectivity index (χ4n) is 3.51. The number of hydrogen-bond acceptors (Lipinski definition) is 4. The van der Waals surface area contributed by atoms with Crippen molar-refractivity contribution in [1.29, 1.82) is 0 Å². The van der Waals surface area contributed by atoms with Crippen molar-refractivity contribution in [3.63, 3.8) is 0 Å². The van der Waals surface area contributed by atoms with E-state index in [1.165, 1.54) is 16.4 Å². The third-order valence-electron chi connectivity index (χ3n) is 5.20. The van der Waals surface area contributed by atoms with Crippen molar-refractivity contribution in [1.82, 2.24) is 4.31 Å². The summed E-state index contributed by atoms with van der Waals surface area (Å²) in [6.45, 7) is 2.03. The van der Waals surface area contributed by atoms with Crippen LogP contribution in [0, 0.1) is 0 Å². The first-order chi connectivity index (χ1) is 14.9. The summed E-state index contributed by atoms with van der Waals surface area (Å²) < 4.78 is 28.7. The number of amides is 1. The van der Waals surface area contributed by atoms with Crippen LogP contribution in [-0.2, 0) is 10.0 Å². The Morgan fingerprint density at radius 3 is 2.19 bits per heavy atom. The molecule has 0 spiro atoms. The van der Waals surface area contributed by atoms with Gasteiger partial charge in [0.05, 0.1) is 4.90 Å². The van der Waals surface area contributed by atoms with Crippen LogP contribution in [0.25, 0.3) is 0 Å². The second-order valence-electron chi connectivity index (χ2n) is 7.22. The van der Waals surface area contributed by atoms with Gasteiger partial charge in [-0.15, -0.1) is 0 Å². The van der Waals surface area contributed by atoms with Gasteiger partial charge in [0.15, 0.2) is 0 Å². The molecule has 1 fully saturated rings. The predicted octanol–water partition coefficient (Wildman–Crippen LogP) is 4.21. The van der Waals surface area contributed by atoms with E-state index in [9.17, 15) is 13.2 Å². The van der Waals surface area contributed by atoms with Crippen molar-refractivity contribution in [3.8, 4) is 0 Å². The number of nitrogens with zero attached hydrogens (tertiary/aromatic N) is 2. The summed E-state index contributed by atoms with van der Waals surface area (Å²) >= 11 is 3.36. The molecule has 8 heteroatoms. The molecule has 1 aliphatic heterocycles. The van der Waals surface area contributed by atoms with Gasteiger partial charge < -0.3 is 10.2 Å². The summed E-state index contributed by atoms with van der Waals surface area (Å²) in [4.78, 5) is 14.9. The molecule has 160 valence electrons. The summed E-state index contributed by atoms with van der Waals surface area (Å²) in [7, 11) is -3.68. The molecule has 1 saturated heterocycles. The molecule has 31 heavy (non-hydrogen) atoms. The molecule has 0 aliphatic carbocycles. The van der Waals surface area contributed by atoms with Gasteiger partial charge >= 0.3 is 0 Å². The molecule has 4 rings (SSSR count). The maximum absolute atomic E-state index is 13.2. The largest absolute Gasteiger partial charge is 0.369 e. The van der Waals surface area contributed by atoms with Crippen LogP contribution >= 0.6 is 15.9 Å². The van der Waals surface area contributed by atoms with Gasteiger partial charge in [-0.2, -0.15) is 4.31 Å². The van der Waals surface area contributed by atoms with Gasteiger partial charge in [0.1, 0.15) is 0 Å². The molecule has 1 heterocycles. The number of halogens is 1. The zero-order valence-electron chi connectivity index (χ0n) is 16.7. The number of sulfonamides is 1. The van der Waals surface area contributed by atoms with Crippen LogP contribution in [0.1, 0.15) is 10.4 Å². The topological polar surface area (TPSA) is 69.7 Å². The van der Waals surface area contributed by atoms with Gasteiger partial charge in [-0.1, -0.05) is 40.2 Å². The summed E-state index contributed by atoms with van der Waals surface area (Å²) in [5.74, 6) is -0.353. The van der Waals surface area contributed by atoms with E-state index < -0.39 is 10.0 Å². The van der Waals surface area contributed by atoms with E-state index in [0.29, 0.717) is 37.4 Å². The molecule has 1 N–H and O–H groups in total. The Morgan fingerprint density at radius 1 is 0.839 bits per heavy atom. The molecule has 3 aromatic rings. The van der Waals surface area contributed by atoms with E-state index in [4.69, 9.17) is 0 Å². The lowest BCUT2D eigenvalue weighted by Gasteiger charge is -2.35. The molecule has 0 bridgehead atoms. The molecule has 0 unspecified atom stereocenters. The Morgan fingerprint density at radius 2 is 1.52 bits per heavy atom. The third-order valence-corrected chi connectivity index (χ3v) is 7.62. The van der Waals surface area contributed by atoms with Gasteiger partial charge in [-0.05, 0) is 54.6 Å². The first kappa shape index (κ1) is 21.5. The monoisotopic (exact) mass is 499 g/mol. The average molecular weight is 500 g/mol. The Hall–Kier alpha value is -2.68. The highest BCUT2D eigenvalue weighted by molar-refractivity contribution is 9.10. The Labute approximate surface area is 190 Å². The van der Waals surface area contributed by atoms with Crippen LogP contribution in [0.4, 0.5) is 11.4 Å². The average Bonchev–Trinajstić information content (AvgIpc) is 2.81. The molecular weight excluding hydrogens is 478 g/mol. The molecule has 3 aromatic carbocycles. The minimum atomic E-state index is -3.68. The molecule has 6 nitrogen and oxygen atoms in total. The standard InChI is InChI=1S/C23H22BrN3O3S/c24-19-9-11-20(12-10-19)25-23(28)18-5-4-8-22(17-18)31(29,30)27-15-13-26(14-16-27)21-6-2-1-3-7-21/h1-12,17H,13-16H2,(H,25,28). The molecular formula is C23H22BrN3O3S. The highest BCUT2D eigenvalue weighted by Gasteiger charge is 2.29. The quantitative estimate of drug-likeness (QED) is 0.570. The third kappa shape index (κ3) is 4.98. The van der Waals surface area contributed by atoms with E-state index in [1.807, 2.05) is 42.5 Å². The molecule has 1 amide bonds. The number of rotatable bonds is 5. The molecule has 0 aromatic heterocycles. The lowest BCUT2D eigenvalue weighted by molar-refractivity contribution is 0.102. The zero-order valence-corrected chi connectivity index (χ0v) is 19.1. The van der Waals surface area contributed by atoms with Crippen LogP contribution < -0.4 is 10.2 Å². The summed E-state index contributed by atoms with van der Waals surface area (Å²) in [5.41, 5.74) is 2.02. The molecule has 0 atom stereocenters. The van der Waals surface area contributed by atoms with Crippen molar-refractivity contribution in [2.45, 2.75) is 4.90 Å². The van der Waals surface area contributed by atoms with Gasteiger partial charge in [-0.25, -0.2) is 8.42 Å².